The van der Waals surface area contributed by atoms with Crippen LogP contribution in [0.15, 0.2) is 76.6 Å². The molecule has 0 aliphatic carbocycles. The van der Waals surface area contributed by atoms with Crippen molar-refractivity contribution < 1.29 is 18.0 Å². The number of para-hydroxylation sites is 1. The van der Waals surface area contributed by atoms with Crippen LogP contribution in [0.2, 0.25) is 0 Å². The van der Waals surface area contributed by atoms with E-state index < -0.39 is 11.7 Å². The third kappa shape index (κ3) is 4.97. The first kappa shape index (κ1) is 21.1. The number of hydrogen-bond donors (Lipinski definition) is 1. The average Bonchev–Trinajstić information content (AvgIpc) is 3.42. The molecule has 0 atom stereocenters. The van der Waals surface area contributed by atoms with Crippen LogP contribution in [0.5, 0.6) is 0 Å². The standard InChI is InChI=1S/C21H15F3N4OS2/c22-21(23,24)15-6-8-17(9-7-15)28-19(14-10-11-30-12-14)26-27-20(28)31-13-18(29)25-16-4-2-1-3-5-16/h1-12H,13H2,(H,25,29). The van der Waals surface area contributed by atoms with Crippen molar-refractivity contribution >= 4 is 34.7 Å². The first-order valence-electron chi connectivity index (χ1n) is 9.05. The third-order valence-corrected chi connectivity index (χ3v) is 5.87. The highest BCUT2D eigenvalue weighted by molar-refractivity contribution is 7.99. The molecule has 31 heavy (non-hydrogen) atoms. The summed E-state index contributed by atoms with van der Waals surface area (Å²) >= 11 is 2.63. The molecule has 4 rings (SSSR count). The van der Waals surface area contributed by atoms with Crippen LogP contribution in [-0.4, -0.2) is 26.4 Å². The van der Waals surface area contributed by atoms with Gasteiger partial charge in [-0.3, -0.25) is 9.36 Å². The lowest BCUT2D eigenvalue weighted by molar-refractivity contribution is -0.137. The molecule has 2 aromatic heterocycles. The molecule has 0 aliphatic rings. The molecule has 4 aromatic rings. The number of anilines is 1. The molecule has 0 bridgehead atoms. The molecule has 0 spiro atoms. The summed E-state index contributed by atoms with van der Waals surface area (Å²) in [6.07, 6.45) is -4.42. The molecule has 1 amide bonds. The number of aromatic nitrogens is 3. The van der Waals surface area contributed by atoms with Crippen molar-refractivity contribution in [2.45, 2.75) is 11.3 Å². The Morgan fingerprint density at radius 1 is 1.03 bits per heavy atom. The Kier molecular flexibility index (Phi) is 6.10. The van der Waals surface area contributed by atoms with Gasteiger partial charge in [-0.2, -0.15) is 24.5 Å². The number of hydrogen-bond acceptors (Lipinski definition) is 5. The Bertz CT molecular complexity index is 1160. The molecule has 0 unspecified atom stereocenters. The fraction of sp³-hybridized carbons (Fsp3) is 0.0952. The molecule has 0 fully saturated rings. The zero-order chi connectivity index (χ0) is 21.8. The molecule has 2 aromatic carbocycles. The summed E-state index contributed by atoms with van der Waals surface area (Å²) in [5, 5.41) is 15.3. The van der Waals surface area contributed by atoms with E-state index in [0.717, 1.165) is 29.5 Å². The molecule has 0 radical (unpaired) electrons. The summed E-state index contributed by atoms with van der Waals surface area (Å²) in [6, 6.07) is 15.7. The molecular formula is C21H15F3N4OS2. The van der Waals surface area contributed by atoms with Gasteiger partial charge in [-0.15, -0.1) is 10.2 Å². The molecule has 158 valence electrons. The monoisotopic (exact) mass is 460 g/mol. The Balaban J connectivity index is 1.60. The molecule has 10 heteroatoms. The van der Waals surface area contributed by atoms with Crippen LogP contribution in [0.3, 0.4) is 0 Å². The van der Waals surface area contributed by atoms with Gasteiger partial charge in [0.15, 0.2) is 11.0 Å². The van der Waals surface area contributed by atoms with Crippen LogP contribution in [0.4, 0.5) is 18.9 Å². The van der Waals surface area contributed by atoms with Crippen LogP contribution in [-0.2, 0) is 11.0 Å². The summed E-state index contributed by atoms with van der Waals surface area (Å²) < 4.78 is 40.5. The minimum Gasteiger partial charge on any atom is -0.325 e. The van der Waals surface area contributed by atoms with Gasteiger partial charge >= 0.3 is 6.18 Å². The van der Waals surface area contributed by atoms with Crippen molar-refractivity contribution in [3.63, 3.8) is 0 Å². The molecule has 5 nitrogen and oxygen atoms in total. The van der Waals surface area contributed by atoms with E-state index >= 15 is 0 Å². The van der Waals surface area contributed by atoms with Crippen molar-refractivity contribution in [1.82, 2.24) is 14.8 Å². The van der Waals surface area contributed by atoms with Crippen molar-refractivity contribution in [3.8, 4) is 17.1 Å². The van der Waals surface area contributed by atoms with Crippen molar-refractivity contribution in [2.75, 3.05) is 11.1 Å². The topological polar surface area (TPSA) is 59.8 Å². The summed E-state index contributed by atoms with van der Waals surface area (Å²) in [6.45, 7) is 0. The van der Waals surface area contributed by atoms with Crippen molar-refractivity contribution in [3.05, 3.63) is 77.0 Å². The quantitative estimate of drug-likeness (QED) is 0.373. The number of nitrogens with zero attached hydrogens (tertiary/aromatic N) is 3. The molecule has 0 saturated heterocycles. The number of benzene rings is 2. The van der Waals surface area contributed by atoms with Gasteiger partial charge in [-0.25, -0.2) is 0 Å². The highest BCUT2D eigenvalue weighted by Crippen LogP contribution is 2.32. The zero-order valence-electron chi connectivity index (χ0n) is 15.8. The van der Waals surface area contributed by atoms with Gasteiger partial charge in [0, 0.05) is 22.3 Å². The lowest BCUT2D eigenvalue weighted by Crippen LogP contribution is -2.14. The fourth-order valence-electron chi connectivity index (χ4n) is 2.82. The average molecular weight is 461 g/mol. The largest absolute Gasteiger partial charge is 0.416 e. The second-order valence-electron chi connectivity index (χ2n) is 6.40. The van der Waals surface area contributed by atoms with E-state index in [2.05, 4.69) is 15.5 Å². The number of halogens is 3. The van der Waals surface area contributed by atoms with E-state index in [4.69, 9.17) is 0 Å². The van der Waals surface area contributed by atoms with E-state index in [1.54, 1.807) is 16.7 Å². The number of amides is 1. The summed E-state index contributed by atoms with van der Waals surface area (Å²) in [5.41, 5.74) is 1.21. The maximum atomic E-state index is 13.0. The van der Waals surface area contributed by atoms with Crippen LogP contribution in [0.25, 0.3) is 17.1 Å². The maximum Gasteiger partial charge on any atom is 0.416 e. The number of rotatable bonds is 6. The lowest BCUT2D eigenvalue weighted by atomic mass is 10.2. The number of thiophene rings is 1. The van der Waals surface area contributed by atoms with E-state index in [1.165, 1.54) is 23.5 Å². The highest BCUT2D eigenvalue weighted by atomic mass is 32.2. The number of nitrogens with one attached hydrogen (secondary N) is 1. The zero-order valence-corrected chi connectivity index (χ0v) is 17.5. The van der Waals surface area contributed by atoms with Crippen LogP contribution >= 0.6 is 23.1 Å². The van der Waals surface area contributed by atoms with Gasteiger partial charge in [-0.05, 0) is 47.8 Å². The maximum absolute atomic E-state index is 13.0. The van der Waals surface area contributed by atoms with Crippen LogP contribution in [0, 0.1) is 0 Å². The van der Waals surface area contributed by atoms with E-state index in [0.29, 0.717) is 22.4 Å². The van der Waals surface area contributed by atoms with E-state index in [9.17, 15) is 18.0 Å². The summed E-state index contributed by atoms with van der Waals surface area (Å²) in [4.78, 5) is 12.3. The minimum atomic E-state index is -4.42. The SMILES string of the molecule is O=C(CSc1nnc(-c2ccsc2)n1-c1ccc(C(F)(F)F)cc1)Nc1ccccc1. The Morgan fingerprint density at radius 3 is 2.42 bits per heavy atom. The van der Waals surface area contributed by atoms with Gasteiger partial charge in [0.2, 0.25) is 5.91 Å². The Hall–Kier alpha value is -3.11. The first-order valence-corrected chi connectivity index (χ1v) is 11.0. The smallest absolute Gasteiger partial charge is 0.325 e. The number of carbonyl (C=O) groups excluding carboxylic acids is 1. The number of carbonyl (C=O) groups is 1. The molecule has 1 N–H and O–H groups in total. The van der Waals surface area contributed by atoms with Gasteiger partial charge in [0.1, 0.15) is 0 Å². The predicted molar refractivity (Wildman–Crippen MR) is 115 cm³/mol. The van der Waals surface area contributed by atoms with Gasteiger partial charge in [0.25, 0.3) is 0 Å². The van der Waals surface area contributed by atoms with Gasteiger partial charge in [0.05, 0.1) is 11.3 Å². The number of alkyl halides is 3. The normalized spacial score (nSPS) is 11.5. The van der Waals surface area contributed by atoms with Crippen molar-refractivity contribution in [1.29, 1.82) is 0 Å². The van der Waals surface area contributed by atoms with Gasteiger partial charge in [-0.1, -0.05) is 30.0 Å². The number of thioether (sulfide) groups is 1. The Labute approximate surface area is 183 Å². The van der Waals surface area contributed by atoms with Crippen LogP contribution < -0.4 is 5.32 Å². The first-order chi connectivity index (χ1) is 14.9. The van der Waals surface area contributed by atoms with Crippen molar-refractivity contribution in [2.24, 2.45) is 0 Å². The van der Waals surface area contributed by atoms with Crippen LogP contribution in [0.1, 0.15) is 5.56 Å². The highest BCUT2D eigenvalue weighted by Gasteiger charge is 2.30. The third-order valence-electron chi connectivity index (χ3n) is 4.26. The summed E-state index contributed by atoms with van der Waals surface area (Å²) in [7, 11) is 0. The second kappa shape index (κ2) is 8.94. The second-order valence-corrected chi connectivity index (χ2v) is 8.12. The summed E-state index contributed by atoms with van der Waals surface area (Å²) in [5.74, 6) is 0.333. The minimum absolute atomic E-state index is 0.0668. The fourth-order valence-corrected chi connectivity index (χ4v) is 4.21. The molecule has 0 saturated carbocycles. The Morgan fingerprint density at radius 2 is 1.77 bits per heavy atom. The lowest BCUT2D eigenvalue weighted by Gasteiger charge is -2.12. The van der Waals surface area contributed by atoms with E-state index in [-0.39, 0.29) is 11.7 Å². The molecular weight excluding hydrogens is 445 g/mol. The predicted octanol–water partition coefficient (Wildman–Crippen LogP) is 5.75. The molecule has 0 aliphatic heterocycles. The van der Waals surface area contributed by atoms with Gasteiger partial charge < -0.3 is 5.32 Å². The van der Waals surface area contributed by atoms with E-state index in [1.807, 2.05) is 35.0 Å². The molecule has 2 heterocycles.